The zero-order valence-corrected chi connectivity index (χ0v) is 14.5. The summed E-state index contributed by atoms with van der Waals surface area (Å²) in [5.74, 6) is 3.99. The Hall–Kier alpha value is -2.37. The van der Waals surface area contributed by atoms with Crippen molar-refractivity contribution in [2.75, 3.05) is 19.0 Å². The van der Waals surface area contributed by atoms with Crippen molar-refractivity contribution in [3.8, 4) is 5.75 Å². The molecule has 0 unspecified atom stereocenters. The number of hydrogen-bond acceptors (Lipinski definition) is 6. The maximum absolute atomic E-state index is 5.24. The van der Waals surface area contributed by atoms with Gasteiger partial charge in [-0.05, 0) is 43.2 Å². The Balaban J connectivity index is 1.33. The Morgan fingerprint density at radius 2 is 2.08 bits per heavy atom. The molecule has 2 bridgehead atoms. The number of nitrogens with one attached hydrogen (secondary N) is 2. The van der Waals surface area contributed by atoms with Crippen LogP contribution in [0.15, 0.2) is 29.4 Å². The monoisotopic (exact) mass is 337 g/mol. The first-order valence-corrected chi connectivity index (χ1v) is 9.14. The smallest absolute Gasteiger partial charge is 0.197 e. The fraction of sp³-hybridized carbons (Fsp3) is 0.526. The highest BCUT2D eigenvalue weighted by Crippen LogP contribution is 2.48. The lowest BCUT2D eigenvalue weighted by molar-refractivity contribution is 0.0677. The number of ether oxygens (including phenoxy) is 1. The van der Waals surface area contributed by atoms with Gasteiger partial charge >= 0.3 is 0 Å². The van der Waals surface area contributed by atoms with Gasteiger partial charge in [-0.3, -0.25) is 9.98 Å². The van der Waals surface area contributed by atoms with E-state index in [0.717, 1.165) is 46.9 Å². The van der Waals surface area contributed by atoms with Crippen molar-refractivity contribution < 1.29 is 4.74 Å². The Morgan fingerprint density at radius 1 is 1.20 bits per heavy atom. The molecule has 1 aliphatic heterocycles. The van der Waals surface area contributed by atoms with Crippen molar-refractivity contribution in [2.45, 2.75) is 37.6 Å². The molecular weight excluding hydrogens is 314 g/mol. The van der Waals surface area contributed by atoms with Crippen molar-refractivity contribution in [3.63, 3.8) is 0 Å². The van der Waals surface area contributed by atoms with Crippen molar-refractivity contribution in [1.29, 1.82) is 0 Å². The third kappa shape index (κ3) is 2.51. The van der Waals surface area contributed by atoms with Crippen molar-refractivity contribution in [2.24, 2.45) is 16.8 Å². The largest absolute Gasteiger partial charge is 0.497 e. The molecule has 3 aliphatic carbocycles. The molecule has 1 atom stereocenters. The summed E-state index contributed by atoms with van der Waals surface area (Å²) >= 11 is 0. The molecule has 1 spiro atoms. The molecule has 2 heterocycles. The second kappa shape index (κ2) is 5.58. The van der Waals surface area contributed by atoms with E-state index in [4.69, 9.17) is 9.73 Å². The molecule has 3 saturated carbocycles. The van der Waals surface area contributed by atoms with Gasteiger partial charge in [-0.1, -0.05) is 12.8 Å². The number of aliphatic imine (C=N–C) groups is 1. The molecule has 6 heteroatoms. The Kier molecular flexibility index (Phi) is 3.33. The van der Waals surface area contributed by atoms with E-state index in [-0.39, 0.29) is 5.54 Å². The number of anilines is 1. The highest BCUT2D eigenvalue weighted by atomic mass is 16.5. The Labute approximate surface area is 147 Å². The van der Waals surface area contributed by atoms with E-state index in [0.29, 0.717) is 0 Å². The molecule has 2 N–H and O–H groups in total. The molecule has 25 heavy (non-hydrogen) atoms. The summed E-state index contributed by atoms with van der Waals surface area (Å²) in [7, 11) is 1.65. The zero-order valence-electron chi connectivity index (χ0n) is 14.5. The first-order chi connectivity index (χ1) is 12.2. The van der Waals surface area contributed by atoms with E-state index in [9.17, 15) is 0 Å². The minimum absolute atomic E-state index is 0.182. The first-order valence-electron chi connectivity index (χ1n) is 9.14. The summed E-state index contributed by atoms with van der Waals surface area (Å²) in [5.41, 5.74) is 1.85. The predicted octanol–water partition coefficient (Wildman–Crippen LogP) is 2.96. The van der Waals surface area contributed by atoms with Crippen LogP contribution in [0.5, 0.6) is 5.75 Å². The normalized spacial score (nSPS) is 30.4. The van der Waals surface area contributed by atoms with E-state index in [1.54, 1.807) is 13.3 Å². The minimum Gasteiger partial charge on any atom is -0.497 e. The number of benzene rings is 1. The van der Waals surface area contributed by atoms with Gasteiger partial charge in [0.25, 0.3) is 0 Å². The third-order valence-electron chi connectivity index (χ3n) is 6.16. The molecule has 4 aliphatic rings. The van der Waals surface area contributed by atoms with Crippen LogP contribution in [0.25, 0.3) is 11.0 Å². The quantitative estimate of drug-likeness (QED) is 0.881. The molecule has 2 aromatic rings. The number of hydrogen-bond donors (Lipinski definition) is 2. The van der Waals surface area contributed by atoms with Gasteiger partial charge in [-0.15, -0.1) is 0 Å². The standard InChI is InChI=1S/C19H23N5O/c1-25-14-6-7-15-16(8-14)20-10-17(22-15)23-18-21-11-19(24-18)9-12-2-4-13(19)5-3-12/h6-8,10,12-13H,2-5,9,11H2,1H3,(H2,21,22,23,24)/t12?,13?,19-/m0/s1. The fourth-order valence-corrected chi connectivity index (χ4v) is 4.85. The maximum atomic E-state index is 5.24. The molecule has 130 valence electrons. The second-order valence-electron chi connectivity index (χ2n) is 7.60. The lowest BCUT2D eigenvalue weighted by atomic mass is 9.60. The summed E-state index contributed by atoms with van der Waals surface area (Å²) in [6, 6.07) is 5.73. The van der Waals surface area contributed by atoms with Gasteiger partial charge in [0.2, 0.25) is 0 Å². The van der Waals surface area contributed by atoms with Crippen LogP contribution in [0.1, 0.15) is 32.1 Å². The van der Waals surface area contributed by atoms with Gasteiger partial charge < -0.3 is 15.4 Å². The Bertz CT molecular complexity index is 843. The fourth-order valence-electron chi connectivity index (χ4n) is 4.85. The summed E-state index contributed by atoms with van der Waals surface area (Å²) in [4.78, 5) is 13.9. The molecule has 1 aromatic heterocycles. The lowest BCUT2D eigenvalue weighted by Crippen LogP contribution is -2.58. The van der Waals surface area contributed by atoms with Gasteiger partial charge in [0.1, 0.15) is 5.75 Å². The van der Waals surface area contributed by atoms with Gasteiger partial charge in [-0.25, -0.2) is 4.98 Å². The maximum Gasteiger partial charge on any atom is 0.197 e. The second-order valence-corrected chi connectivity index (χ2v) is 7.60. The molecule has 1 aromatic carbocycles. The van der Waals surface area contributed by atoms with Crippen molar-refractivity contribution >= 4 is 22.8 Å². The van der Waals surface area contributed by atoms with Crippen LogP contribution in [-0.4, -0.2) is 35.1 Å². The van der Waals surface area contributed by atoms with Crippen LogP contribution >= 0.6 is 0 Å². The molecule has 6 nitrogen and oxygen atoms in total. The number of rotatable bonds is 2. The summed E-state index contributed by atoms with van der Waals surface area (Å²) in [6.07, 6.45) is 8.50. The van der Waals surface area contributed by atoms with Gasteiger partial charge in [0.05, 0.1) is 36.4 Å². The average Bonchev–Trinajstić information content (AvgIpc) is 3.04. The van der Waals surface area contributed by atoms with E-state index < -0.39 is 0 Å². The summed E-state index contributed by atoms with van der Waals surface area (Å²) in [6.45, 7) is 0.884. The van der Waals surface area contributed by atoms with Gasteiger partial charge in [0.15, 0.2) is 11.8 Å². The van der Waals surface area contributed by atoms with Gasteiger partial charge in [-0.2, -0.15) is 0 Å². The van der Waals surface area contributed by atoms with Crippen LogP contribution in [0, 0.1) is 11.8 Å². The van der Waals surface area contributed by atoms with Crippen molar-refractivity contribution in [3.05, 3.63) is 24.4 Å². The zero-order chi connectivity index (χ0) is 16.9. The first kappa shape index (κ1) is 14.9. The number of methoxy groups -OCH3 is 1. The van der Waals surface area contributed by atoms with E-state index in [2.05, 4.69) is 20.6 Å². The predicted molar refractivity (Wildman–Crippen MR) is 97.9 cm³/mol. The average molecular weight is 337 g/mol. The molecule has 0 radical (unpaired) electrons. The molecule has 3 fully saturated rings. The van der Waals surface area contributed by atoms with Gasteiger partial charge in [0, 0.05) is 6.07 Å². The summed E-state index contributed by atoms with van der Waals surface area (Å²) < 4.78 is 5.24. The number of fused-ring (bicyclic) bond motifs is 3. The topological polar surface area (TPSA) is 71.4 Å². The third-order valence-corrected chi connectivity index (χ3v) is 6.16. The number of nitrogens with zero attached hydrogens (tertiary/aromatic N) is 3. The molecule has 0 saturated heterocycles. The van der Waals surface area contributed by atoms with E-state index >= 15 is 0 Å². The van der Waals surface area contributed by atoms with Crippen LogP contribution in [0.2, 0.25) is 0 Å². The molecular formula is C19H23N5O. The number of aromatic nitrogens is 2. The SMILES string of the molecule is COc1ccc2nc(NC3=NC[C@]4(CC5CCC4CC5)N3)cnc2c1. The van der Waals surface area contributed by atoms with Crippen LogP contribution < -0.4 is 15.4 Å². The number of guanidine groups is 1. The van der Waals surface area contributed by atoms with E-state index in [1.807, 2.05) is 18.2 Å². The molecule has 0 amide bonds. The van der Waals surface area contributed by atoms with Crippen LogP contribution in [0.4, 0.5) is 5.82 Å². The van der Waals surface area contributed by atoms with Crippen LogP contribution in [0.3, 0.4) is 0 Å². The highest BCUT2D eigenvalue weighted by Gasteiger charge is 2.49. The Morgan fingerprint density at radius 3 is 2.84 bits per heavy atom. The van der Waals surface area contributed by atoms with Crippen molar-refractivity contribution in [1.82, 2.24) is 15.3 Å². The molecule has 6 rings (SSSR count). The van der Waals surface area contributed by atoms with E-state index in [1.165, 1.54) is 32.1 Å². The lowest BCUT2D eigenvalue weighted by Gasteiger charge is -2.49. The van der Waals surface area contributed by atoms with Crippen LogP contribution in [-0.2, 0) is 0 Å². The highest BCUT2D eigenvalue weighted by molar-refractivity contribution is 5.95. The minimum atomic E-state index is 0.182. The summed E-state index contributed by atoms with van der Waals surface area (Å²) in [5, 5.41) is 7.03.